The van der Waals surface area contributed by atoms with Crippen molar-refractivity contribution >= 4 is 11.7 Å². The third-order valence-corrected chi connectivity index (χ3v) is 3.66. The molecule has 0 saturated carbocycles. The van der Waals surface area contributed by atoms with E-state index in [0.29, 0.717) is 17.5 Å². The summed E-state index contributed by atoms with van der Waals surface area (Å²) < 4.78 is 4.90. The SMILES string of the molecule is Cc1cc(NC(=O)CN2CCCC(C)C2CO)no1. The maximum atomic E-state index is 11.9. The van der Waals surface area contributed by atoms with Crippen molar-refractivity contribution in [2.24, 2.45) is 5.92 Å². The normalized spacial score (nSPS) is 24.4. The number of aromatic nitrogens is 1. The second-order valence-electron chi connectivity index (χ2n) is 5.21. The largest absolute Gasteiger partial charge is 0.395 e. The number of hydrogen-bond donors (Lipinski definition) is 2. The number of aryl methyl sites for hydroxylation is 1. The fourth-order valence-corrected chi connectivity index (χ4v) is 2.62. The van der Waals surface area contributed by atoms with E-state index in [9.17, 15) is 9.90 Å². The Labute approximate surface area is 112 Å². The maximum Gasteiger partial charge on any atom is 0.239 e. The van der Waals surface area contributed by atoms with Crippen LogP contribution >= 0.6 is 0 Å². The highest BCUT2D eigenvalue weighted by Crippen LogP contribution is 2.22. The highest BCUT2D eigenvalue weighted by Gasteiger charge is 2.29. The van der Waals surface area contributed by atoms with Gasteiger partial charge in [-0.2, -0.15) is 0 Å². The zero-order valence-corrected chi connectivity index (χ0v) is 11.4. The van der Waals surface area contributed by atoms with Gasteiger partial charge >= 0.3 is 0 Å². The molecule has 6 heteroatoms. The van der Waals surface area contributed by atoms with Crippen LogP contribution in [-0.4, -0.2) is 46.8 Å². The van der Waals surface area contributed by atoms with Gasteiger partial charge in [0.15, 0.2) is 5.82 Å². The minimum Gasteiger partial charge on any atom is -0.395 e. The fraction of sp³-hybridized carbons (Fsp3) is 0.692. The van der Waals surface area contributed by atoms with Crippen LogP contribution in [0.2, 0.25) is 0 Å². The van der Waals surface area contributed by atoms with Crippen LogP contribution in [0.1, 0.15) is 25.5 Å². The Morgan fingerprint density at radius 3 is 3.11 bits per heavy atom. The molecule has 0 aromatic carbocycles. The molecule has 2 heterocycles. The molecular formula is C13H21N3O3. The molecule has 2 unspecified atom stereocenters. The molecule has 1 fully saturated rings. The van der Waals surface area contributed by atoms with Crippen LogP contribution < -0.4 is 5.32 Å². The van der Waals surface area contributed by atoms with E-state index >= 15 is 0 Å². The summed E-state index contributed by atoms with van der Waals surface area (Å²) in [5.41, 5.74) is 0. The number of hydrogen-bond acceptors (Lipinski definition) is 5. The molecule has 2 N–H and O–H groups in total. The van der Waals surface area contributed by atoms with Crippen molar-refractivity contribution in [3.05, 3.63) is 11.8 Å². The Morgan fingerprint density at radius 2 is 2.47 bits per heavy atom. The van der Waals surface area contributed by atoms with Crippen molar-refractivity contribution in [3.8, 4) is 0 Å². The number of carbonyl (C=O) groups is 1. The molecule has 0 spiro atoms. The van der Waals surface area contributed by atoms with Crippen LogP contribution in [0.5, 0.6) is 0 Å². The van der Waals surface area contributed by atoms with Crippen LogP contribution in [0.25, 0.3) is 0 Å². The van der Waals surface area contributed by atoms with E-state index in [1.54, 1.807) is 13.0 Å². The Morgan fingerprint density at radius 1 is 1.68 bits per heavy atom. The second kappa shape index (κ2) is 6.16. The third-order valence-electron chi connectivity index (χ3n) is 3.66. The van der Waals surface area contributed by atoms with Gasteiger partial charge in [0, 0.05) is 12.1 Å². The number of aliphatic hydroxyl groups excluding tert-OH is 1. The van der Waals surface area contributed by atoms with Crippen molar-refractivity contribution in [1.29, 1.82) is 0 Å². The minimum absolute atomic E-state index is 0.0681. The lowest BCUT2D eigenvalue weighted by molar-refractivity contribution is -0.118. The molecule has 0 radical (unpaired) electrons. The first-order chi connectivity index (χ1) is 9.10. The van der Waals surface area contributed by atoms with Crippen molar-refractivity contribution in [2.75, 3.05) is 25.0 Å². The number of nitrogens with one attached hydrogen (secondary N) is 1. The molecular weight excluding hydrogens is 246 g/mol. The molecule has 2 rings (SSSR count). The summed E-state index contributed by atoms with van der Waals surface area (Å²) in [6.07, 6.45) is 2.17. The number of piperidine rings is 1. The van der Waals surface area contributed by atoms with Crippen LogP contribution in [0.15, 0.2) is 10.6 Å². The number of nitrogens with zero attached hydrogens (tertiary/aromatic N) is 2. The van der Waals surface area contributed by atoms with E-state index < -0.39 is 0 Å². The van der Waals surface area contributed by atoms with Gasteiger partial charge in [0.05, 0.1) is 13.2 Å². The molecule has 0 aliphatic carbocycles. The van der Waals surface area contributed by atoms with Gasteiger partial charge < -0.3 is 14.9 Å². The summed E-state index contributed by atoms with van der Waals surface area (Å²) in [5, 5.41) is 15.9. The zero-order chi connectivity index (χ0) is 13.8. The quantitative estimate of drug-likeness (QED) is 0.851. The molecule has 106 valence electrons. The van der Waals surface area contributed by atoms with E-state index in [2.05, 4.69) is 17.4 Å². The topological polar surface area (TPSA) is 78.6 Å². The number of aliphatic hydroxyl groups is 1. The molecule has 2 atom stereocenters. The number of carbonyl (C=O) groups excluding carboxylic acids is 1. The molecule has 1 aliphatic rings. The average Bonchev–Trinajstić information content (AvgIpc) is 2.75. The van der Waals surface area contributed by atoms with E-state index in [-0.39, 0.29) is 25.1 Å². The predicted octanol–water partition coefficient (Wildman–Crippen LogP) is 1.01. The lowest BCUT2D eigenvalue weighted by atomic mass is 9.91. The van der Waals surface area contributed by atoms with Crippen LogP contribution in [-0.2, 0) is 4.79 Å². The number of amides is 1. The van der Waals surface area contributed by atoms with Crippen LogP contribution in [0.4, 0.5) is 5.82 Å². The van der Waals surface area contributed by atoms with Gasteiger partial charge in [-0.25, -0.2) is 0 Å². The van der Waals surface area contributed by atoms with Crippen molar-refractivity contribution in [2.45, 2.75) is 32.7 Å². The van der Waals surface area contributed by atoms with E-state index in [1.165, 1.54) is 0 Å². The maximum absolute atomic E-state index is 11.9. The highest BCUT2D eigenvalue weighted by molar-refractivity contribution is 5.91. The second-order valence-corrected chi connectivity index (χ2v) is 5.21. The predicted molar refractivity (Wildman–Crippen MR) is 70.7 cm³/mol. The Bertz CT molecular complexity index is 433. The fourth-order valence-electron chi connectivity index (χ4n) is 2.62. The first-order valence-corrected chi connectivity index (χ1v) is 6.68. The first-order valence-electron chi connectivity index (χ1n) is 6.68. The summed E-state index contributed by atoms with van der Waals surface area (Å²) in [6.45, 7) is 5.11. The van der Waals surface area contributed by atoms with Gasteiger partial charge in [-0.3, -0.25) is 9.69 Å². The van der Waals surface area contributed by atoms with Crippen LogP contribution in [0, 0.1) is 12.8 Å². The van der Waals surface area contributed by atoms with E-state index in [1.807, 2.05) is 4.90 Å². The van der Waals surface area contributed by atoms with Gasteiger partial charge in [0.2, 0.25) is 5.91 Å². The molecule has 6 nitrogen and oxygen atoms in total. The molecule has 1 amide bonds. The molecule has 1 saturated heterocycles. The first kappa shape index (κ1) is 14.0. The molecule has 1 aromatic rings. The summed E-state index contributed by atoms with van der Waals surface area (Å²) in [7, 11) is 0. The third kappa shape index (κ3) is 3.54. The Hall–Kier alpha value is -1.40. The van der Waals surface area contributed by atoms with Gasteiger partial charge in [-0.15, -0.1) is 0 Å². The molecule has 19 heavy (non-hydrogen) atoms. The summed E-state index contributed by atoms with van der Waals surface area (Å²) in [5.74, 6) is 1.39. The monoisotopic (exact) mass is 267 g/mol. The molecule has 1 aliphatic heterocycles. The van der Waals surface area contributed by atoms with Gasteiger partial charge in [-0.1, -0.05) is 12.1 Å². The van der Waals surface area contributed by atoms with Gasteiger partial charge in [0.1, 0.15) is 5.76 Å². The smallest absolute Gasteiger partial charge is 0.239 e. The van der Waals surface area contributed by atoms with E-state index in [4.69, 9.17) is 4.52 Å². The number of anilines is 1. The Kier molecular flexibility index (Phi) is 4.55. The van der Waals surface area contributed by atoms with Crippen molar-refractivity contribution in [1.82, 2.24) is 10.1 Å². The zero-order valence-electron chi connectivity index (χ0n) is 11.4. The Balaban J connectivity index is 1.90. The van der Waals surface area contributed by atoms with E-state index in [0.717, 1.165) is 19.4 Å². The summed E-state index contributed by atoms with van der Waals surface area (Å²) >= 11 is 0. The van der Waals surface area contributed by atoms with Crippen molar-refractivity contribution < 1.29 is 14.4 Å². The van der Waals surface area contributed by atoms with Crippen molar-refractivity contribution in [3.63, 3.8) is 0 Å². The minimum atomic E-state index is -0.124. The number of rotatable bonds is 4. The summed E-state index contributed by atoms with van der Waals surface area (Å²) in [4.78, 5) is 14.0. The number of likely N-dealkylation sites (tertiary alicyclic amines) is 1. The standard InChI is InChI=1S/C13H21N3O3/c1-9-4-3-5-16(11(9)8-17)7-13(18)14-12-6-10(2)19-15-12/h6,9,11,17H,3-5,7-8H2,1-2H3,(H,14,15,18). The molecule has 1 aromatic heterocycles. The van der Waals surface area contributed by atoms with Gasteiger partial charge in [-0.05, 0) is 32.2 Å². The average molecular weight is 267 g/mol. The van der Waals surface area contributed by atoms with Gasteiger partial charge in [0.25, 0.3) is 0 Å². The lowest BCUT2D eigenvalue weighted by Gasteiger charge is -2.38. The van der Waals surface area contributed by atoms with Crippen LogP contribution in [0.3, 0.4) is 0 Å². The molecule has 0 bridgehead atoms. The highest BCUT2D eigenvalue weighted by atomic mass is 16.5. The lowest BCUT2D eigenvalue weighted by Crippen LogP contribution is -2.49. The summed E-state index contributed by atoms with van der Waals surface area (Å²) in [6, 6.07) is 1.75.